The molecule has 0 radical (unpaired) electrons. The first-order valence-corrected chi connectivity index (χ1v) is 8.23. The van der Waals surface area contributed by atoms with Crippen LogP contribution in [0, 0.1) is 19.7 Å². The summed E-state index contributed by atoms with van der Waals surface area (Å²) in [4.78, 5) is 4.91. The van der Waals surface area contributed by atoms with Crippen molar-refractivity contribution in [1.82, 2.24) is 15.0 Å². The van der Waals surface area contributed by atoms with E-state index in [4.69, 9.17) is 4.52 Å². The highest BCUT2D eigenvalue weighted by Gasteiger charge is 2.18. The quantitative estimate of drug-likeness (QED) is 0.867. The van der Waals surface area contributed by atoms with Crippen molar-refractivity contribution >= 4 is 0 Å². The van der Waals surface area contributed by atoms with Crippen molar-refractivity contribution in [1.29, 1.82) is 0 Å². The van der Waals surface area contributed by atoms with Gasteiger partial charge in [0, 0.05) is 31.7 Å². The van der Waals surface area contributed by atoms with Crippen LogP contribution in [0.4, 0.5) is 4.39 Å². The van der Waals surface area contributed by atoms with Gasteiger partial charge in [0.2, 0.25) is 0 Å². The van der Waals surface area contributed by atoms with Gasteiger partial charge < -0.3 is 4.52 Å². The van der Waals surface area contributed by atoms with Crippen LogP contribution in [0.5, 0.6) is 0 Å². The molecule has 124 valence electrons. The highest BCUT2D eigenvalue weighted by Crippen LogP contribution is 2.17. The van der Waals surface area contributed by atoms with Crippen LogP contribution in [-0.2, 0) is 13.1 Å². The van der Waals surface area contributed by atoms with Crippen molar-refractivity contribution in [3.8, 4) is 0 Å². The molecule has 1 aromatic heterocycles. The summed E-state index contributed by atoms with van der Waals surface area (Å²) >= 11 is 0. The number of aromatic nitrogens is 1. The first-order valence-electron chi connectivity index (χ1n) is 8.23. The average Bonchev–Trinajstić information content (AvgIpc) is 2.74. The first kappa shape index (κ1) is 16.1. The van der Waals surface area contributed by atoms with Gasteiger partial charge in [0.1, 0.15) is 11.6 Å². The zero-order chi connectivity index (χ0) is 16.2. The maximum absolute atomic E-state index is 13.0. The molecule has 23 heavy (non-hydrogen) atoms. The summed E-state index contributed by atoms with van der Waals surface area (Å²) in [5.74, 6) is 0.755. The van der Waals surface area contributed by atoms with Crippen LogP contribution in [0.1, 0.15) is 29.0 Å². The van der Waals surface area contributed by atoms with Crippen molar-refractivity contribution in [2.24, 2.45) is 0 Å². The number of benzene rings is 1. The third-order valence-corrected chi connectivity index (χ3v) is 4.56. The Morgan fingerprint density at radius 2 is 1.65 bits per heavy atom. The van der Waals surface area contributed by atoms with E-state index >= 15 is 0 Å². The molecule has 5 heteroatoms. The molecule has 0 bridgehead atoms. The Kier molecular flexibility index (Phi) is 5.08. The minimum atomic E-state index is -0.171. The third-order valence-electron chi connectivity index (χ3n) is 4.56. The van der Waals surface area contributed by atoms with Gasteiger partial charge in [-0.15, -0.1) is 0 Å². The smallest absolute Gasteiger partial charge is 0.138 e. The predicted molar refractivity (Wildman–Crippen MR) is 87.5 cm³/mol. The Labute approximate surface area is 136 Å². The van der Waals surface area contributed by atoms with E-state index in [0.29, 0.717) is 0 Å². The summed E-state index contributed by atoms with van der Waals surface area (Å²) < 4.78 is 18.3. The van der Waals surface area contributed by atoms with Gasteiger partial charge in [0.25, 0.3) is 0 Å². The van der Waals surface area contributed by atoms with Crippen LogP contribution in [-0.4, -0.2) is 41.1 Å². The van der Waals surface area contributed by atoms with E-state index in [0.717, 1.165) is 57.1 Å². The lowest BCUT2D eigenvalue weighted by Crippen LogP contribution is -2.30. The Balaban J connectivity index is 1.56. The molecule has 1 saturated heterocycles. The van der Waals surface area contributed by atoms with Crippen molar-refractivity contribution in [2.75, 3.05) is 26.2 Å². The van der Waals surface area contributed by atoms with E-state index in [1.807, 2.05) is 26.0 Å². The highest BCUT2D eigenvalue weighted by atomic mass is 19.1. The van der Waals surface area contributed by atoms with E-state index in [1.54, 1.807) is 0 Å². The minimum absolute atomic E-state index is 0.171. The lowest BCUT2D eigenvalue weighted by atomic mass is 10.2. The molecule has 0 spiro atoms. The molecule has 0 amide bonds. The van der Waals surface area contributed by atoms with Crippen molar-refractivity contribution < 1.29 is 8.91 Å². The van der Waals surface area contributed by atoms with Crippen LogP contribution in [0.2, 0.25) is 0 Å². The fourth-order valence-electron chi connectivity index (χ4n) is 3.14. The number of aryl methyl sites for hydroxylation is 2. The molecule has 4 nitrogen and oxygen atoms in total. The second-order valence-electron chi connectivity index (χ2n) is 6.34. The molecule has 1 aromatic carbocycles. The monoisotopic (exact) mass is 317 g/mol. The molecule has 1 fully saturated rings. The van der Waals surface area contributed by atoms with Gasteiger partial charge in [-0.05, 0) is 51.1 Å². The summed E-state index contributed by atoms with van der Waals surface area (Å²) in [6.45, 7) is 10.0. The summed E-state index contributed by atoms with van der Waals surface area (Å²) in [5.41, 5.74) is 3.39. The molecule has 0 saturated carbocycles. The van der Waals surface area contributed by atoms with E-state index < -0.39 is 0 Å². The molecule has 0 N–H and O–H groups in total. The largest absolute Gasteiger partial charge is 0.361 e. The standard InChI is InChI=1S/C18H24FN3O/c1-14-18(15(2)23-20-14)13-22-9-3-8-21(10-11-22)12-16-4-6-17(19)7-5-16/h4-7H,3,8-13H2,1-2H3. The van der Waals surface area contributed by atoms with Crippen LogP contribution < -0.4 is 0 Å². The second kappa shape index (κ2) is 7.23. The van der Waals surface area contributed by atoms with E-state index in [1.165, 1.54) is 23.3 Å². The molecule has 0 atom stereocenters. The maximum atomic E-state index is 13.0. The summed E-state index contributed by atoms with van der Waals surface area (Å²) in [6.07, 6.45) is 1.14. The van der Waals surface area contributed by atoms with Gasteiger partial charge in [-0.2, -0.15) is 0 Å². The molecule has 0 aliphatic carbocycles. The summed E-state index contributed by atoms with van der Waals surface area (Å²) in [6, 6.07) is 6.83. The SMILES string of the molecule is Cc1noc(C)c1CN1CCCN(Cc2ccc(F)cc2)CC1. The molecule has 3 rings (SSSR count). The van der Waals surface area contributed by atoms with Gasteiger partial charge in [0.15, 0.2) is 0 Å². The molecule has 2 aromatic rings. The van der Waals surface area contributed by atoms with Crippen molar-refractivity contribution in [2.45, 2.75) is 33.4 Å². The molecular formula is C18H24FN3O. The van der Waals surface area contributed by atoms with E-state index in [2.05, 4.69) is 15.0 Å². The third kappa shape index (κ3) is 4.18. The van der Waals surface area contributed by atoms with Crippen molar-refractivity contribution in [3.63, 3.8) is 0 Å². The number of halogens is 1. The van der Waals surface area contributed by atoms with Crippen LogP contribution in [0.3, 0.4) is 0 Å². The Morgan fingerprint density at radius 1 is 1.00 bits per heavy atom. The highest BCUT2D eigenvalue weighted by molar-refractivity contribution is 5.20. The van der Waals surface area contributed by atoms with Gasteiger partial charge >= 0.3 is 0 Å². The predicted octanol–water partition coefficient (Wildman–Crippen LogP) is 3.14. The topological polar surface area (TPSA) is 32.5 Å². The van der Waals surface area contributed by atoms with Crippen LogP contribution in [0.25, 0.3) is 0 Å². The number of nitrogens with zero attached hydrogens (tertiary/aromatic N) is 3. The Hall–Kier alpha value is -1.72. The normalized spacial score (nSPS) is 17.3. The first-order chi connectivity index (χ1) is 11.1. The van der Waals surface area contributed by atoms with Gasteiger partial charge in [-0.25, -0.2) is 4.39 Å². The van der Waals surface area contributed by atoms with E-state index in [9.17, 15) is 4.39 Å². The fraction of sp³-hybridized carbons (Fsp3) is 0.500. The van der Waals surface area contributed by atoms with Crippen LogP contribution >= 0.6 is 0 Å². The van der Waals surface area contributed by atoms with Crippen molar-refractivity contribution in [3.05, 3.63) is 52.7 Å². The second-order valence-corrected chi connectivity index (χ2v) is 6.34. The molecule has 0 unspecified atom stereocenters. The average molecular weight is 317 g/mol. The number of hydrogen-bond donors (Lipinski definition) is 0. The van der Waals surface area contributed by atoms with Gasteiger partial charge in [-0.3, -0.25) is 9.80 Å². The van der Waals surface area contributed by atoms with E-state index in [-0.39, 0.29) is 5.82 Å². The zero-order valence-corrected chi connectivity index (χ0v) is 13.9. The fourth-order valence-corrected chi connectivity index (χ4v) is 3.14. The van der Waals surface area contributed by atoms with Gasteiger partial charge in [0.05, 0.1) is 5.69 Å². The lowest BCUT2D eigenvalue weighted by molar-refractivity contribution is 0.246. The lowest BCUT2D eigenvalue weighted by Gasteiger charge is -2.21. The molecule has 1 aliphatic heterocycles. The zero-order valence-electron chi connectivity index (χ0n) is 13.9. The number of hydrogen-bond acceptors (Lipinski definition) is 4. The molecular weight excluding hydrogens is 293 g/mol. The Morgan fingerprint density at radius 3 is 2.26 bits per heavy atom. The number of rotatable bonds is 4. The summed E-state index contributed by atoms with van der Waals surface area (Å²) in [5, 5.41) is 4.04. The minimum Gasteiger partial charge on any atom is -0.361 e. The van der Waals surface area contributed by atoms with Gasteiger partial charge in [-0.1, -0.05) is 17.3 Å². The molecule has 2 heterocycles. The summed E-state index contributed by atoms with van der Waals surface area (Å²) in [7, 11) is 0. The molecule has 1 aliphatic rings. The maximum Gasteiger partial charge on any atom is 0.138 e. The Bertz CT molecular complexity index is 619. The van der Waals surface area contributed by atoms with Crippen LogP contribution in [0.15, 0.2) is 28.8 Å².